The molecule has 0 aromatic heterocycles. The van der Waals surface area contributed by atoms with E-state index in [4.69, 9.17) is 10.5 Å². The highest BCUT2D eigenvalue weighted by Crippen LogP contribution is 2.22. The van der Waals surface area contributed by atoms with Gasteiger partial charge in [0.25, 0.3) is 0 Å². The minimum atomic E-state index is -0.399. The Balaban J connectivity index is 2.49. The van der Waals surface area contributed by atoms with E-state index < -0.39 is 6.10 Å². The van der Waals surface area contributed by atoms with Crippen LogP contribution in [0, 0.1) is 0 Å². The highest BCUT2D eigenvalue weighted by Gasteiger charge is 2.32. The van der Waals surface area contributed by atoms with Crippen LogP contribution in [0.2, 0.25) is 0 Å². The molecule has 1 fully saturated rings. The van der Waals surface area contributed by atoms with Crippen molar-refractivity contribution in [1.82, 2.24) is 0 Å². The van der Waals surface area contributed by atoms with E-state index in [9.17, 15) is 5.11 Å². The number of hydrogen-bond donors (Lipinski definition) is 2. The van der Waals surface area contributed by atoms with Crippen LogP contribution < -0.4 is 5.73 Å². The van der Waals surface area contributed by atoms with Crippen LogP contribution in [0.5, 0.6) is 0 Å². The average Bonchev–Trinajstić information content (AvgIpc) is 1.79. The monoisotopic (exact) mass is 145 g/mol. The number of aliphatic hydroxyl groups is 1. The maximum Gasteiger partial charge on any atom is 0.0740 e. The summed E-state index contributed by atoms with van der Waals surface area (Å²) in [5.41, 5.74) is 5.33. The quantitative estimate of drug-likeness (QED) is 0.499. The first kappa shape index (κ1) is 7.98. The maximum atomic E-state index is 9.31. The van der Waals surface area contributed by atoms with Gasteiger partial charge in [-0.2, -0.15) is 0 Å². The molecular formula is C7H15NO2. The van der Waals surface area contributed by atoms with Crippen molar-refractivity contribution in [2.75, 3.05) is 6.61 Å². The molecule has 1 aliphatic rings. The van der Waals surface area contributed by atoms with Gasteiger partial charge in [0.15, 0.2) is 0 Å². The molecular weight excluding hydrogens is 130 g/mol. The van der Waals surface area contributed by atoms with Crippen molar-refractivity contribution in [3.63, 3.8) is 0 Å². The lowest BCUT2D eigenvalue weighted by molar-refractivity contribution is -0.107. The van der Waals surface area contributed by atoms with Gasteiger partial charge in [0.1, 0.15) is 0 Å². The van der Waals surface area contributed by atoms with Gasteiger partial charge < -0.3 is 15.6 Å². The summed E-state index contributed by atoms with van der Waals surface area (Å²) in [4.78, 5) is 0. The molecule has 0 bridgehead atoms. The number of hydrogen-bond acceptors (Lipinski definition) is 3. The molecule has 0 spiro atoms. The largest absolute Gasteiger partial charge is 0.391 e. The molecule has 1 rings (SSSR count). The highest BCUT2D eigenvalue weighted by atomic mass is 16.5. The molecule has 0 aromatic rings. The molecule has 1 heterocycles. The number of nitrogens with two attached hydrogens (primary N) is 1. The minimum Gasteiger partial charge on any atom is -0.391 e. The first-order valence-corrected chi connectivity index (χ1v) is 3.59. The number of rotatable bonds is 0. The van der Waals surface area contributed by atoms with Gasteiger partial charge in [-0.1, -0.05) is 0 Å². The van der Waals surface area contributed by atoms with Crippen LogP contribution in [-0.2, 0) is 4.74 Å². The number of aliphatic hydroxyl groups excluding tert-OH is 1. The summed E-state index contributed by atoms with van der Waals surface area (Å²) in [6, 6.07) is -0.201. The molecule has 1 aliphatic heterocycles. The Morgan fingerprint density at radius 1 is 1.60 bits per heavy atom. The second-order valence-electron chi connectivity index (χ2n) is 3.51. The molecule has 10 heavy (non-hydrogen) atoms. The van der Waals surface area contributed by atoms with Gasteiger partial charge in [0, 0.05) is 6.42 Å². The van der Waals surface area contributed by atoms with E-state index in [1.54, 1.807) is 0 Å². The Labute approximate surface area is 61.2 Å². The van der Waals surface area contributed by atoms with E-state index in [0.717, 1.165) is 0 Å². The summed E-state index contributed by atoms with van der Waals surface area (Å²) in [7, 11) is 0. The van der Waals surface area contributed by atoms with Gasteiger partial charge in [-0.15, -0.1) is 0 Å². The third kappa shape index (κ3) is 1.68. The zero-order chi connectivity index (χ0) is 7.78. The Morgan fingerprint density at radius 3 is 2.60 bits per heavy atom. The zero-order valence-electron chi connectivity index (χ0n) is 6.50. The van der Waals surface area contributed by atoms with E-state index in [0.29, 0.717) is 13.0 Å². The fourth-order valence-electron chi connectivity index (χ4n) is 1.15. The van der Waals surface area contributed by atoms with Crippen molar-refractivity contribution in [1.29, 1.82) is 0 Å². The van der Waals surface area contributed by atoms with E-state index in [1.807, 2.05) is 13.8 Å². The lowest BCUT2D eigenvalue weighted by Crippen LogP contribution is -2.50. The molecule has 1 saturated heterocycles. The molecule has 2 atom stereocenters. The smallest absolute Gasteiger partial charge is 0.0740 e. The Bertz CT molecular complexity index is 125. The second-order valence-corrected chi connectivity index (χ2v) is 3.51. The predicted molar refractivity (Wildman–Crippen MR) is 38.6 cm³/mol. The van der Waals surface area contributed by atoms with Crippen LogP contribution in [0.4, 0.5) is 0 Å². The Kier molecular flexibility index (Phi) is 1.99. The van der Waals surface area contributed by atoms with E-state index in [2.05, 4.69) is 0 Å². The summed E-state index contributed by atoms with van der Waals surface area (Å²) in [5, 5.41) is 9.31. The first-order valence-electron chi connectivity index (χ1n) is 3.59. The molecule has 60 valence electrons. The van der Waals surface area contributed by atoms with Crippen LogP contribution in [-0.4, -0.2) is 29.5 Å². The predicted octanol–water partition coefficient (Wildman–Crippen LogP) is -0.127. The van der Waals surface area contributed by atoms with Crippen LogP contribution in [0.3, 0.4) is 0 Å². The maximum absolute atomic E-state index is 9.31. The molecule has 3 heteroatoms. The van der Waals surface area contributed by atoms with E-state index in [1.165, 1.54) is 0 Å². The van der Waals surface area contributed by atoms with Gasteiger partial charge in [0.2, 0.25) is 0 Å². The van der Waals surface area contributed by atoms with Gasteiger partial charge in [-0.3, -0.25) is 0 Å². The van der Waals surface area contributed by atoms with Crippen LogP contribution in [0.15, 0.2) is 0 Å². The van der Waals surface area contributed by atoms with Gasteiger partial charge in [-0.05, 0) is 13.8 Å². The first-order chi connectivity index (χ1) is 4.51. The summed E-state index contributed by atoms with van der Waals surface area (Å²) in [6.45, 7) is 4.39. The molecule has 3 N–H and O–H groups in total. The molecule has 2 unspecified atom stereocenters. The highest BCUT2D eigenvalue weighted by molar-refractivity contribution is 4.85. The zero-order valence-corrected chi connectivity index (χ0v) is 6.50. The summed E-state index contributed by atoms with van der Waals surface area (Å²) in [5.74, 6) is 0. The minimum absolute atomic E-state index is 0.199. The SMILES string of the molecule is CC1(C)CC(O)C(N)CO1. The van der Waals surface area contributed by atoms with Gasteiger partial charge in [-0.25, -0.2) is 0 Å². The van der Waals surface area contributed by atoms with Crippen molar-refractivity contribution >= 4 is 0 Å². The lowest BCUT2D eigenvalue weighted by Gasteiger charge is -2.36. The summed E-state index contributed by atoms with van der Waals surface area (Å²) in [6.07, 6.45) is 0.234. The van der Waals surface area contributed by atoms with E-state index in [-0.39, 0.29) is 11.6 Å². The Hall–Kier alpha value is -0.120. The van der Waals surface area contributed by atoms with Crippen LogP contribution >= 0.6 is 0 Å². The Morgan fingerprint density at radius 2 is 2.20 bits per heavy atom. The number of ether oxygens (including phenoxy) is 1. The van der Waals surface area contributed by atoms with Crippen molar-refractivity contribution in [2.45, 2.75) is 38.0 Å². The standard InChI is InChI=1S/C7H15NO2/c1-7(2)3-6(9)5(8)4-10-7/h5-6,9H,3-4,8H2,1-2H3. The van der Waals surface area contributed by atoms with Crippen LogP contribution in [0.25, 0.3) is 0 Å². The fraction of sp³-hybridized carbons (Fsp3) is 1.00. The van der Waals surface area contributed by atoms with Crippen molar-refractivity contribution in [3.8, 4) is 0 Å². The van der Waals surface area contributed by atoms with E-state index >= 15 is 0 Å². The normalized spacial score (nSPS) is 39.6. The average molecular weight is 145 g/mol. The summed E-state index contributed by atoms with van der Waals surface area (Å²) >= 11 is 0. The van der Waals surface area contributed by atoms with Crippen molar-refractivity contribution in [3.05, 3.63) is 0 Å². The van der Waals surface area contributed by atoms with Gasteiger partial charge in [0.05, 0.1) is 24.4 Å². The van der Waals surface area contributed by atoms with Crippen LogP contribution in [0.1, 0.15) is 20.3 Å². The van der Waals surface area contributed by atoms with Gasteiger partial charge >= 0.3 is 0 Å². The summed E-state index contributed by atoms with van der Waals surface area (Å²) < 4.78 is 5.36. The molecule has 0 amide bonds. The lowest BCUT2D eigenvalue weighted by atomic mass is 9.93. The molecule has 3 nitrogen and oxygen atoms in total. The second kappa shape index (κ2) is 2.49. The van der Waals surface area contributed by atoms with Crippen molar-refractivity contribution < 1.29 is 9.84 Å². The molecule has 0 radical (unpaired) electrons. The molecule has 0 aromatic carbocycles. The topological polar surface area (TPSA) is 55.5 Å². The molecule has 0 aliphatic carbocycles. The molecule has 0 saturated carbocycles. The van der Waals surface area contributed by atoms with Crippen molar-refractivity contribution in [2.24, 2.45) is 5.73 Å². The fourth-order valence-corrected chi connectivity index (χ4v) is 1.15. The third-order valence-electron chi connectivity index (χ3n) is 1.86. The third-order valence-corrected chi connectivity index (χ3v) is 1.86.